The second-order valence-electron chi connectivity index (χ2n) is 28.5. The van der Waals surface area contributed by atoms with Crippen molar-refractivity contribution in [2.24, 2.45) is 59.2 Å². The lowest BCUT2D eigenvalue weighted by molar-refractivity contribution is -0.218. The molecule has 6 saturated carbocycles. The summed E-state index contributed by atoms with van der Waals surface area (Å²) in [6.07, 6.45) is 5.90. The molecule has 5 heterocycles. The molecule has 5 aliphatic heterocycles. The highest BCUT2D eigenvalue weighted by Crippen LogP contribution is 2.58. The van der Waals surface area contributed by atoms with Gasteiger partial charge < -0.3 is 75.8 Å². The molecule has 32 nitrogen and oxygen atoms in total. The fraction of sp³-hybridized carbons (Fsp3) is 0.676. The first-order chi connectivity index (χ1) is 50.1. The SMILES string of the molecule is C=C(C)C(=O)OCCOC(=O)CCC(=O)OC1CC2CC1C1C(=O)OCC21.C=C(C)C(=O)OCCOC(=O)CCC(=O)OC1CC2CC1C1COC(=O)C21.C=C(C)C(=O)OCCOC(=O)CCC(=O)OC1CC2CCC1(C)OC2=O.C=CC(=O)OCCOC(=O)CCC(=O)OC1(C)CCC2CC1(C)OC2=O. The van der Waals surface area contributed by atoms with E-state index in [9.17, 15) is 76.7 Å². The van der Waals surface area contributed by atoms with Crippen LogP contribution in [0.5, 0.6) is 0 Å². The summed E-state index contributed by atoms with van der Waals surface area (Å²) in [4.78, 5) is 186. The standard InChI is InChI=1S/2C19H24O8.2C18H24O8/c1-10(2)18(22)25-6-5-24-15(20)3-4-16(21)27-14-8-11-7-12(14)13-9-26-19(23)17(11)13;1-10(2)18(22)25-6-5-24-15(20)3-4-16(21)27-14-8-11-7-12(14)17-13(11)9-26-19(17)23;1-11(2)16(21)24-9-8-23-14(19)4-5-15(20)25-13-10-12-6-7-18(13,3)26-17(12)22;1-4-13(19)23-9-10-24-14(20)5-6-15(21)25-17(2)8-7-12-11-18(17,3)26-16(12)22/h2*11-14,17H,1,3-9H2,2H3;12-13H,1,4-10H2,2-3H3;4,12H,1,5-11H2,2-3H3. The number of carbonyl (C=O) groups is 16. The molecule has 0 aromatic heterocycles. The first-order valence-corrected chi connectivity index (χ1v) is 35.6. The van der Waals surface area contributed by atoms with Gasteiger partial charge in [0.2, 0.25) is 0 Å². The average Bonchev–Trinajstić information content (AvgIpc) is 1.64. The molecule has 11 rings (SSSR count). The third-order valence-corrected chi connectivity index (χ3v) is 20.7. The van der Waals surface area contributed by atoms with Gasteiger partial charge in [-0.15, -0.1) is 0 Å². The van der Waals surface area contributed by atoms with E-state index in [1.165, 1.54) is 20.8 Å². The van der Waals surface area contributed by atoms with Crippen molar-refractivity contribution in [3.05, 3.63) is 49.1 Å². The molecular formula is C74H96O32. The van der Waals surface area contributed by atoms with Crippen LogP contribution in [0.15, 0.2) is 49.1 Å². The maximum absolute atomic E-state index is 12.1. The fourth-order valence-corrected chi connectivity index (χ4v) is 14.9. The Bertz CT molecular complexity index is 3400. The minimum atomic E-state index is -0.907. The van der Waals surface area contributed by atoms with Crippen LogP contribution in [0.1, 0.15) is 157 Å². The van der Waals surface area contributed by atoms with Crippen molar-refractivity contribution in [2.75, 3.05) is 66.1 Å². The van der Waals surface area contributed by atoms with Gasteiger partial charge in [-0.3, -0.25) is 57.5 Å². The number of carbonyl (C=O) groups excluding carboxylic acids is 16. The Kier molecular flexibility index (Phi) is 30.1. The Hall–Kier alpha value is -9.52. The summed E-state index contributed by atoms with van der Waals surface area (Å²) in [5.74, 6) is -6.61. The van der Waals surface area contributed by atoms with Crippen molar-refractivity contribution in [2.45, 2.75) is 192 Å². The smallest absolute Gasteiger partial charge is 0.333 e. The van der Waals surface area contributed by atoms with Gasteiger partial charge >= 0.3 is 95.5 Å². The lowest BCUT2D eigenvalue weighted by Crippen LogP contribution is -2.57. The molecule has 11 fully saturated rings. The number of cyclic esters (lactones) is 2. The minimum Gasteiger partial charge on any atom is -0.465 e. The molecule has 6 aliphatic carbocycles. The first-order valence-electron chi connectivity index (χ1n) is 35.6. The van der Waals surface area contributed by atoms with E-state index in [-0.39, 0.29) is 210 Å². The van der Waals surface area contributed by atoms with Gasteiger partial charge in [-0.25, -0.2) is 19.2 Å². The van der Waals surface area contributed by atoms with Crippen molar-refractivity contribution in [1.29, 1.82) is 0 Å². The second kappa shape index (κ2) is 38.1. The maximum Gasteiger partial charge on any atom is 0.333 e. The van der Waals surface area contributed by atoms with Crippen LogP contribution in [0.2, 0.25) is 0 Å². The lowest BCUT2D eigenvalue weighted by Gasteiger charge is -2.47. The van der Waals surface area contributed by atoms with E-state index in [1.807, 2.05) is 0 Å². The van der Waals surface area contributed by atoms with Gasteiger partial charge in [0.05, 0.1) is 88.3 Å². The molecule has 8 bridgehead atoms. The molecular weight excluding hydrogens is 1400 g/mol. The largest absolute Gasteiger partial charge is 0.465 e. The summed E-state index contributed by atoms with van der Waals surface area (Å²) in [5.41, 5.74) is -1.73. The number of esters is 16. The van der Waals surface area contributed by atoms with Crippen LogP contribution < -0.4 is 0 Å². The molecule has 0 radical (unpaired) electrons. The van der Waals surface area contributed by atoms with E-state index < -0.39 is 94.5 Å². The fourth-order valence-electron chi connectivity index (χ4n) is 14.9. The summed E-state index contributed by atoms with van der Waals surface area (Å²) in [7, 11) is 0. The second-order valence-corrected chi connectivity index (χ2v) is 28.5. The predicted molar refractivity (Wildman–Crippen MR) is 355 cm³/mol. The van der Waals surface area contributed by atoms with Crippen LogP contribution in [0.4, 0.5) is 0 Å². The summed E-state index contributed by atoms with van der Waals surface area (Å²) in [6, 6.07) is 0. The highest BCUT2D eigenvalue weighted by atomic mass is 16.6. The van der Waals surface area contributed by atoms with Crippen LogP contribution >= 0.6 is 0 Å². The van der Waals surface area contributed by atoms with Gasteiger partial charge in [-0.05, 0) is 105 Å². The van der Waals surface area contributed by atoms with E-state index in [0.29, 0.717) is 57.7 Å². The highest BCUT2D eigenvalue weighted by Gasteiger charge is 2.63. The lowest BCUT2D eigenvalue weighted by atomic mass is 9.71. The van der Waals surface area contributed by atoms with Crippen LogP contribution in [0.3, 0.4) is 0 Å². The molecule has 0 N–H and O–H groups in total. The van der Waals surface area contributed by atoms with Crippen LogP contribution in [0, 0.1) is 59.2 Å². The van der Waals surface area contributed by atoms with Gasteiger partial charge in [0.25, 0.3) is 0 Å². The van der Waals surface area contributed by atoms with Crippen LogP contribution in [0.25, 0.3) is 0 Å². The van der Waals surface area contributed by atoms with Gasteiger partial charge in [-0.2, -0.15) is 0 Å². The maximum atomic E-state index is 12.1. The van der Waals surface area contributed by atoms with Crippen molar-refractivity contribution in [3.8, 4) is 0 Å². The number of hydrogen-bond donors (Lipinski definition) is 0. The number of fused-ring (bicyclic) bond motifs is 15. The Morgan fingerprint density at radius 3 is 1.31 bits per heavy atom. The third kappa shape index (κ3) is 23.0. The van der Waals surface area contributed by atoms with Crippen molar-refractivity contribution < 1.29 is 153 Å². The molecule has 0 amide bonds. The molecule has 106 heavy (non-hydrogen) atoms. The summed E-state index contributed by atoms with van der Waals surface area (Å²) < 4.78 is 81.7. The summed E-state index contributed by atoms with van der Waals surface area (Å²) in [5, 5.41) is 0. The highest BCUT2D eigenvalue weighted by molar-refractivity contribution is 5.88. The van der Waals surface area contributed by atoms with Gasteiger partial charge in [0, 0.05) is 59.3 Å². The van der Waals surface area contributed by atoms with Gasteiger partial charge in [0.15, 0.2) is 0 Å². The molecule has 16 unspecified atom stereocenters. The average molecular weight is 1500 g/mol. The van der Waals surface area contributed by atoms with Crippen molar-refractivity contribution >= 4 is 95.5 Å². The minimum absolute atomic E-state index is 0.0288. The molecule has 584 valence electrons. The van der Waals surface area contributed by atoms with Gasteiger partial charge in [0.1, 0.15) is 88.0 Å². The Balaban J connectivity index is 0.000000197. The van der Waals surface area contributed by atoms with E-state index in [0.717, 1.165) is 31.8 Å². The Labute approximate surface area is 612 Å². The predicted octanol–water partition coefficient (Wildman–Crippen LogP) is 5.25. The van der Waals surface area contributed by atoms with E-state index >= 15 is 0 Å². The van der Waals surface area contributed by atoms with Crippen molar-refractivity contribution in [3.63, 3.8) is 0 Å². The van der Waals surface area contributed by atoms with E-state index in [1.54, 1.807) is 20.8 Å². The molecule has 0 spiro atoms. The van der Waals surface area contributed by atoms with Gasteiger partial charge in [-0.1, -0.05) is 26.3 Å². The molecule has 5 saturated heterocycles. The monoisotopic (exact) mass is 1500 g/mol. The molecule has 11 aliphatic rings. The molecule has 32 heteroatoms. The number of rotatable bonds is 32. The molecule has 0 aromatic rings. The van der Waals surface area contributed by atoms with Crippen LogP contribution in [-0.2, 0) is 153 Å². The topological polar surface area (TPSA) is 421 Å². The zero-order chi connectivity index (χ0) is 77.8. The Morgan fingerprint density at radius 2 is 0.830 bits per heavy atom. The number of ether oxygens (including phenoxy) is 16. The zero-order valence-electron chi connectivity index (χ0n) is 60.8. The van der Waals surface area contributed by atoms with Crippen molar-refractivity contribution in [1.82, 2.24) is 0 Å². The van der Waals surface area contributed by atoms with E-state index in [4.69, 9.17) is 71.1 Å². The normalized spacial score (nSPS) is 29.2. The Morgan fingerprint density at radius 1 is 0.425 bits per heavy atom. The third-order valence-electron chi connectivity index (χ3n) is 20.7. The molecule has 16 atom stereocenters. The summed E-state index contributed by atoms with van der Waals surface area (Å²) >= 11 is 0. The zero-order valence-corrected chi connectivity index (χ0v) is 60.8. The van der Waals surface area contributed by atoms with Crippen LogP contribution in [-0.4, -0.2) is 197 Å². The molecule has 0 aromatic carbocycles. The quantitative estimate of drug-likeness (QED) is 0.0359. The first kappa shape index (κ1) is 83.7. The summed E-state index contributed by atoms with van der Waals surface area (Å²) in [6.45, 7) is 23.7. The van der Waals surface area contributed by atoms with E-state index in [2.05, 4.69) is 31.1 Å². The number of hydrogen-bond acceptors (Lipinski definition) is 32.